The molecule has 6 heteroatoms. The van der Waals surface area contributed by atoms with Crippen LogP contribution in [-0.2, 0) is 17.4 Å². The zero-order chi connectivity index (χ0) is 16.6. The number of nitrogens with one attached hydrogen (secondary N) is 1. The van der Waals surface area contributed by atoms with Gasteiger partial charge in [-0.05, 0) is 30.9 Å². The maximum Gasteiger partial charge on any atom is 0.223 e. The largest absolute Gasteiger partial charge is 0.383 e. The lowest BCUT2D eigenvalue weighted by Crippen LogP contribution is -2.39. The Morgan fingerprint density at radius 1 is 1.52 bits per heavy atom. The molecule has 0 saturated heterocycles. The smallest absolute Gasteiger partial charge is 0.223 e. The van der Waals surface area contributed by atoms with Crippen LogP contribution in [0.5, 0.6) is 0 Å². The molecule has 1 aliphatic rings. The standard InChI is InChI=1S/C17H20FN3O2/c1-17(23,11-8-20-21(2)9-11)10-19-16(22)14-7-13(14)12-5-3-4-6-15(12)18/h3-6,8-9,13-14,23H,7,10H2,1-2H3,(H,19,22). The lowest BCUT2D eigenvalue weighted by atomic mass is 9.99. The fourth-order valence-corrected chi connectivity index (χ4v) is 2.80. The number of hydrogen-bond donors (Lipinski definition) is 2. The minimum Gasteiger partial charge on any atom is -0.383 e. The number of aromatic nitrogens is 2. The first-order valence-electron chi connectivity index (χ1n) is 7.62. The summed E-state index contributed by atoms with van der Waals surface area (Å²) < 4.78 is 15.3. The van der Waals surface area contributed by atoms with Crippen LogP contribution in [0.2, 0.25) is 0 Å². The van der Waals surface area contributed by atoms with Gasteiger partial charge in [-0.25, -0.2) is 4.39 Å². The van der Waals surface area contributed by atoms with Gasteiger partial charge in [-0.3, -0.25) is 9.48 Å². The Kier molecular flexibility index (Phi) is 3.93. The van der Waals surface area contributed by atoms with Crippen LogP contribution in [-0.4, -0.2) is 27.3 Å². The molecule has 1 heterocycles. The van der Waals surface area contributed by atoms with Crippen LogP contribution in [0.1, 0.15) is 30.4 Å². The van der Waals surface area contributed by atoms with Gasteiger partial charge in [0.15, 0.2) is 0 Å². The number of hydrogen-bond acceptors (Lipinski definition) is 3. The molecule has 2 N–H and O–H groups in total. The molecule has 0 radical (unpaired) electrons. The van der Waals surface area contributed by atoms with Crippen LogP contribution in [0.15, 0.2) is 36.7 Å². The van der Waals surface area contributed by atoms with Gasteiger partial charge in [-0.15, -0.1) is 0 Å². The summed E-state index contributed by atoms with van der Waals surface area (Å²) >= 11 is 0. The molecule has 0 bridgehead atoms. The van der Waals surface area contributed by atoms with E-state index in [0.717, 1.165) is 0 Å². The highest BCUT2D eigenvalue weighted by Crippen LogP contribution is 2.48. The van der Waals surface area contributed by atoms with E-state index in [1.54, 1.807) is 49.2 Å². The van der Waals surface area contributed by atoms with Crippen molar-refractivity contribution in [2.75, 3.05) is 6.54 Å². The summed E-state index contributed by atoms with van der Waals surface area (Å²) in [5, 5.41) is 17.2. The summed E-state index contributed by atoms with van der Waals surface area (Å²) in [5.74, 6) is -0.714. The Morgan fingerprint density at radius 3 is 2.91 bits per heavy atom. The van der Waals surface area contributed by atoms with Crippen LogP contribution in [0.25, 0.3) is 0 Å². The molecule has 0 spiro atoms. The quantitative estimate of drug-likeness (QED) is 0.882. The summed E-state index contributed by atoms with van der Waals surface area (Å²) in [7, 11) is 1.77. The second-order valence-corrected chi connectivity index (χ2v) is 6.36. The number of aryl methyl sites for hydroxylation is 1. The van der Waals surface area contributed by atoms with Crippen LogP contribution < -0.4 is 5.32 Å². The highest BCUT2D eigenvalue weighted by molar-refractivity contribution is 5.83. The van der Waals surface area contributed by atoms with Gasteiger partial charge in [0.1, 0.15) is 11.4 Å². The van der Waals surface area contributed by atoms with E-state index in [-0.39, 0.29) is 30.1 Å². The number of halogens is 1. The third-order valence-electron chi connectivity index (χ3n) is 4.37. The molecule has 23 heavy (non-hydrogen) atoms. The van der Waals surface area contributed by atoms with Crippen LogP contribution in [0.4, 0.5) is 4.39 Å². The van der Waals surface area contributed by atoms with E-state index in [1.165, 1.54) is 6.07 Å². The van der Waals surface area contributed by atoms with Crippen molar-refractivity contribution in [2.45, 2.75) is 24.9 Å². The van der Waals surface area contributed by atoms with Gasteiger partial charge in [0.05, 0.1) is 12.7 Å². The summed E-state index contributed by atoms with van der Waals surface area (Å²) in [6, 6.07) is 6.55. The van der Waals surface area contributed by atoms with Gasteiger partial charge in [0.25, 0.3) is 0 Å². The Bertz CT molecular complexity index is 726. The molecule has 3 rings (SSSR count). The predicted octanol–water partition coefficient (Wildman–Crippen LogP) is 1.69. The van der Waals surface area contributed by atoms with Crippen molar-refractivity contribution in [2.24, 2.45) is 13.0 Å². The van der Waals surface area contributed by atoms with Crippen LogP contribution in [0, 0.1) is 11.7 Å². The van der Waals surface area contributed by atoms with Gasteiger partial charge in [0.2, 0.25) is 5.91 Å². The van der Waals surface area contributed by atoms with Crippen molar-refractivity contribution in [3.05, 3.63) is 53.6 Å². The molecule has 1 aromatic heterocycles. The zero-order valence-corrected chi connectivity index (χ0v) is 13.2. The molecule has 1 fully saturated rings. The van der Waals surface area contributed by atoms with E-state index in [2.05, 4.69) is 10.4 Å². The van der Waals surface area contributed by atoms with E-state index in [4.69, 9.17) is 0 Å². The number of nitrogens with zero attached hydrogens (tertiary/aromatic N) is 2. The van der Waals surface area contributed by atoms with Gasteiger partial charge in [-0.1, -0.05) is 18.2 Å². The third-order valence-corrected chi connectivity index (χ3v) is 4.37. The Labute approximate surface area is 134 Å². The van der Waals surface area contributed by atoms with Gasteiger partial charge in [0, 0.05) is 24.7 Å². The molecular weight excluding hydrogens is 297 g/mol. The van der Waals surface area contributed by atoms with Crippen molar-refractivity contribution < 1.29 is 14.3 Å². The number of aliphatic hydroxyl groups is 1. The molecule has 3 unspecified atom stereocenters. The molecule has 3 atom stereocenters. The van der Waals surface area contributed by atoms with E-state index < -0.39 is 5.60 Å². The van der Waals surface area contributed by atoms with Crippen LogP contribution in [0.3, 0.4) is 0 Å². The number of carbonyl (C=O) groups excluding carboxylic acids is 1. The molecule has 0 aliphatic heterocycles. The Balaban J connectivity index is 1.58. The topological polar surface area (TPSA) is 67.2 Å². The minimum absolute atomic E-state index is 0.0699. The lowest BCUT2D eigenvalue weighted by molar-refractivity contribution is -0.123. The van der Waals surface area contributed by atoms with Gasteiger partial charge in [-0.2, -0.15) is 5.10 Å². The molecular formula is C17H20FN3O2. The van der Waals surface area contributed by atoms with E-state index in [0.29, 0.717) is 17.5 Å². The first kappa shape index (κ1) is 15.7. The number of amides is 1. The fourth-order valence-electron chi connectivity index (χ4n) is 2.80. The SMILES string of the molecule is Cn1cc(C(C)(O)CNC(=O)C2CC2c2ccccc2F)cn1. The average Bonchev–Trinajstić information content (AvgIpc) is 3.18. The number of carbonyl (C=O) groups is 1. The summed E-state index contributed by atoms with van der Waals surface area (Å²) in [5.41, 5.74) is 0.0418. The number of rotatable bonds is 5. The molecule has 1 saturated carbocycles. The summed E-state index contributed by atoms with van der Waals surface area (Å²) in [6.45, 7) is 1.73. The first-order valence-corrected chi connectivity index (χ1v) is 7.62. The molecule has 5 nitrogen and oxygen atoms in total. The van der Waals surface area contributed by atoms with Gasteiger partial charge >= 0.3 is 0 Å². The second kappa shape index (κ2) is 5.77. The van der Waals surface area contributed by atoms with Crippen LogP contribution >= 0.6 is 0 Å². The Hall–Kier alpha value is -2.21. The highest BCUT2D eigenvalue weighted by atomic mass is 19.1. The van der Waals surface area contributed by atoms with Crippen molar-refractivity contribution in [1.82, 2.24) is 15.1 Å². The summed E-state index contributed by atoms with van der Waals surface area (Å²) in [6.07, 6.45) is 3.93. The monoisotopic (exact) mass is 317 g/mol. The normalized spacial score (nSPS) is 22.4. The zero-order valence-electron chi connectivity index (χ0n) is 13.2. The number of benzene rings is 1. The fraction of sp³-hybridized carbons (Fsp3) is 0.412. The predicted molar refractivity (Wildman–Crippen MR) is 83.0 cm³/mol. The highest BCUT2D eigenvalue weighted by Gasteiger charge is 2.45. The maximum absolute atomic E-state index is 13.7. The van der Waals surface area contributed by atoms with Crippen molar-refractivity contribution in [1.29, 1.82) is 0 Å². The first-order chi connectivity index (χ1) is 10.9. The minimum atomic E-state index is -1.19. The van der Waals surface area contributed by atoms with Crippen molar-refractivity contribution >= 4 is 5.91 Å². The lowest BCUT2D eigenvalue weighted by Gasteiger charge is -2.22. The average molecular weight is 317 g/mol. The van der Waals surface area contributed by atoms with E-state index in [1.807, 2.05) is 0 Å². The second-order valence-electron chi connectivity index (χ2n) is 6.36. The molecule has 1 aromatic carbocycles. The summed E-state index contributed by atoms with van der Waals surface area (Å²) in [4.78, 5) is 12.2. The third kappa shape index (κ3) is 3.27. The molecule has 2 aromatic rings. The van der Waals surface area contributed by atoms with Crippen molar-refractivity contribution in [3.8, 4) is 0 Å². The maximum atomic E-state index is 13.7. The Morgan fingerprint density at radius 2 is 2.26 bits per heavy atom. The molecule has 1 aliphatic carbocycles. The molecule has 1 amide bonds. The van der Waals surface area contributed by atoms with E-state index >= 15 is 0 Å². The molecule has 122 valence electrons. The van der Waals surface area contributed by atoms with Crippen molar-refractivity contribution in [3.63, 3.8) is 0 Å². The van der Waals surface area contributed by atoms with E-state index in [9.17, 15) is 14.3 Å². The van der Waals surface area contributed by atoms with Gasteiger partial charge < -0.3 is 10.4 Å².